The van der Waals surface area contributed by atoms with Crippen molar-refractivity contribution in [3.05, 3.63) is 34.9 Å². The van der Waals surface area contributed by atoms with Crippen molar-refractivity contribution < 1.29 is 19.4 Å². The highest BCUT2D eigenvalue weighted by molar-refractivity contribution is 6.30. The molecule has 0 spiro atoms. The van der Waals surface area contributed by atoms with E-state index in [1.54, 1.807) is 12.1 Å². The van der Waals surface area contributed by atoms with Crippen molar-refractivity contribution in [3.63, 3.8) is 0 Å². The van der Waals surface area contributed by atoms with E-state index in [1.165, 1.54) is 0 Å². The van der Waals surface area contributed by atoms with Gasteiger partial charge in [-0.05, 0) is 30.5 Å². The van der Waals surface area contributed by atoms with E-state index >= 15 is 0 Å². The number of aliphatic carboxylic acids is 1. The zero-order chi connectivity index (χ0) is 15.0. The van der Waals surface area contributed by atoms with Gasteiger partial charge in [0.05, 0.1) is 24.0 Å². The largest absolute Gasteiger partial charge is 0.481 e. The summed E-state index contributed by atoms with van der Waals surface area (Å²) in [5, 5.41) is 12.7. The number of fused-ring (bicyclic) bond motifs is 2. The quantitative estimate of drug-likeness (QED) is 0.890. The van der Waals surface area contributed by atoms with Gasteiger partial charge in [-0.1, -0.05) is 23.7 Å². The molecule has 6 heteroatoms. The summed E-state index contributed by atoms with van der Waals surface area (Å²) in [5.74, 6) is -2.51. The molecule has 2 N–H and O–H groups in total. The Labute approximate surface area is 127 Å². The van der Waals surface area contributed by atoms with Crippen LogP contribution >= 0.6 is 11.6 Å². The summed E-state index contributed by atoms with van der Waals surface area (Å²) in [7, 11) is 0. The van der Waals surface area contributed by atoms with Crippen molar-refractivity contribution in [2.75, 3.05) is 0 Å². The van der Waals surface area contributed by atoms with E-state index in [0.717, 1.165) is 18.4 Å². The van der Waals surface area contributed by atoms with Crippen molar-refractivity contribution in [3.8, 4) is 0 Å². The van der Waals surface area contributed by atoms with Gasteiger partial charge in [0.15, 0.2) is 0 Å². The first kappa shape index (κ1) is 14.4. The van der Waals surface area contributed by atoms with Crippen LogP contribution in [0.2, 0.25) is 5.02 Å². The predicted octanol–water partition coefficient (Wildman–Crippen LogP) is 1.83. The molecule has 21 heavy (non-hydrogen) atoms. The second-order valence-electron chi connectivity index (χ2n) is 5.52. The highest BCUT2D eigenvalue weighted by Crippen LogP contribution is 2.43. The molecule has 2 aliphatic rings. The summed E-state index contributed by atoms with van der Waals surface area (Å²) >= 11 is 5.81. The molecular formula is C15H16ClNO4. The third kappa shape index (κ3) is 2.76. The molecule has 4 atom stereocenters. The Kier molecular flexibility index (Phi) is 3.87. The van der Waals surface area contributed by atoms with Crippen LogP contribution in [0.3, 0.4) is 0 Å². The first-order chi connectivity index (χ1) is 10.1. The maximum absolute atomic E-state index is 12.3. The lowest BCUT2D eigenvalue weighted by Crippen LogP contribution is -2.43. The molecule has 112 valence electrons. The van der Waals surface area contributed by atoms with E-state index in [4.69, 9.17) is 16.3 Å². The Balaban J connectivity index is 1.64. The molecule has 3 rings (SSSR count). The van der Waals surface area contributed by atoms with Crippen LogP contribution in [0.15, 0.2) is 24.3 Å². The van der Waals surface area contributed by atoms with E-state index in [-0.39, 0.29) is 18.1 Å². The lowest BCUT2D eigenvalue weighted by atomic mass is 9.78. The third-order valence-electron chi connectivity index (χ3n) is 4.24. The third-order valence-corrected chi connectivity index (χ3v) is 4.49. The van der Waals surface area contributed by atoms with Crippen LogP contribution in [-0.4, -0.2) is 29.2 Å². The van der Waals surface area contributed by atoms with Crippen molar-refractivity contribution in [1.82, 2.24) is 5.32 Å². The number of carbonyl (C=O) groups excluding carboxylic acids is 1. The minimum atomic E-state index is -0.950. The molecule has 2 heterocycles. The molecule has 1 aromatic carbocycles. The monoisotopic (exact) mass is 309 g/mol. The van der Waals surface area contributed by atoms with Crippen molar-refractivity contribution in [2.45, 2.75) is 31.6 Å². The van der Waals surface area contributed by atoms with Gasteiger partial charge in [0, 0.05) is 11.6 Å². The van der Waals surface area contributed by atoms with E-state index in [1.807, 2.05) is 12.1 Å². The van der Waals surface area contributed by atoms with Crippen LogP contribution in [0.5, 0.6) is 0 Å². The smallest absolute Gasteiger partial charge is 0.310 e. The Morgan fingerprint density at radius 1 is 1.19 bits per heavy atom. The minimum absolute atomic E-state index is 0.246. The number of benzene rings is 1. The molecule has 2 saturated heterocycles. The number of amides is 1. The Hall–Kier alpha value is -1.59. The van der Waals surface area contributed by atoms with Gasteiger partial charge in [-0.25, -0.2) is 0 Å². The second-order valence-corrected chi connectivity index (χ2v) is 5.96. The molecule has 2 aliphatic heterocycles. The molecule has 0 aromatic heterocycles. The van der Waals surface area contributed by atoms with Gasteiger partial charge in [0.2, 0.25) is 5.91 Å². The molecule has 0 saturated carbocycles. The Morgan fingerprint density at radius 3 is 2.43 bits per heavy atom. The first-order valence-electron chi connectivity index (χ1n) is 6.96. The summed E-state index contributed by atoms with van der Waals surface area (Å²) < 4.78 is 5.59. The maximum Gasteiger partial charge on any atom is 0.310 e. The van der Waals surface area contributed by atoms with Gasteiger partial charge >= 0.3 is 5.97 Å². The fraction of sp³-hybridized carbons (Fsp3) is 0.467. The van der Waals surface area contributed by atoms with Gasteiger partial charge in [-0.2, -0.15) is 0 Å². The highest BCUT2D eigenvalue weighted by atomic mass is 35.5. The van der Waals surface area contributed by atoms with Crippen molar-refractivity contribution in [1.29, 1.82) is 0 Å². The topological polar surface area (TPSA) is 75.6 Å². The number of ether oxygens (including phenoxy) is 1. The average Bonchev–Trinajstić information content (AvgIpc) is 3.06. The zero-order valence-corrected chi connectivity index (χ0v) is 12.0. The van der Waals surface area contributed by atoms with Gasteiger partial charge < -0.3 is 15.2 Å². The lowest BCUT2D eigenvalue weighted by molar-refractivity contribution is -0.147. The molecule has 2 fully saturated rings. The predicted molar refractivity (Wildman–Crippen MR) is 75.8 cm³/mol. The number of hydrogen-bond acceptors (Lipinski definition) is 3. The fourth-order valence-corrected chi connectivity index (χ4v) is 3.36. The van der Waals surface area contributed by atoms with Crippen LogP contribution < -0.4 is 5.32 Å². The van der Waals surface area contributed by atoms with Crippen molar-refractivity contribution >= 4 is 23.5 Å². The summed E-state index contributed by atoms with van der Waals surface area (Å²) in [4.78, 5) is 23.7. The molecule has 0 aliphatic carbocycles. The fourth-order valence-electron chi connectivity index (χ4n) is 3.23. The number of carboxylic acid groups (broad SMARTS) is 1. The number of rotatable bonds is 4. The molecule has 0 radical (unpaired) electrons. The Morgan fingerprint density at radius 2 is 1.81 bits per heavy atom. The van der Waals surface area contributed by atoms with Crippen LogP contribution in [0.4, 0.5) is 0 Å². The van der Waals surface area contributed by atoms with Crippen molar-refractivity contribution in [2.24, 2.45) is 11.8 Å². The molecule has 1 amide bonds. The maximum atomic E-state index is 12.3. The van der Waals surface area contributed by atoms with Crippen LogP contribution in [-0.2, 0) is 20.9 Å². The zero-order valence-electron chi connectivity index (χ0n) is 11.3. The summed E-state index contributed by atoms with van der Waals surface area (Å²) in [5.41, 5.74) is 0.920. The minimum Gasteiger partial charge on any atom is -0.481 e. The molecule has 0 unspecified atom stereocenters. The van der Waals surface area contributed by atoms with E-state index in [9.17, 15) is 14.7 Å². The van der Waals surface area contributed by atoms with E-state index < -0.39 is 17.8 Å². The molecular weight excluding hydrogens is 294 g/mol. The molecule has 1 aromatic rings. The second kappa shape index (κ2) is 5.66. The van der Waals surface area contributed by atoms with Gasteiger partial charge in [0.25, 0.3) is 0 Å². The number of carboxylic acids is 1. The summed E-state index contributed by atoms with van der Waals surface area (Å²) in [6.07, 6.45) is 0.899. The SMILES string of the molecule is O=C(O)[C@@H]1[C@@H](C(=O)NCc2ccc(Cl)cc2)[C@H]2CC[C@H]1O2. The van der Waals surface area contributed by atoms with E-state index in [0.29, 0.717) is 11.6 Å². The lowest BCUT2D eigenvalue weighted by Gasteiger charge is -2.23. The summed E-state index contributed by atoms with van der Waals surface area (Å²) in [6, 6.07) is 7.16. The number of carbonyl (C=O) groups is 2. The van der Waals surface area contributed by atoms with Crippen LogP contribution in [0.1, 0.15) is 18.4 Å². The standard InChI is InChI=1S/C15H16ClNO4/c16-9-3-1-8(2-4-9)7-17-14(18)12-10-5-6-11(21-10)13(12)15(19)20/h1-4,10-13H,5-7H2,(H,17,18)(H,19,20)/t10-,11-,12+,13+/m1/s1. The van der Waals surface area contributed by atoms with E-state index in [2.05, 4.69) is 5.32 Å². The Bertz CT molecular complexity index is 559. The number of halogens is 1. The van der Waals surface area contributed by atoms with Gasteiger partial charge in [-0.3, -0.25) is 9.59 Å². The highest BCUT2D eigenvalue weighted by Gasteiger charge is 2.55. The van der Waals surface area contributed by atoms with Gasteiger partial charge in [-0.15, -0.1) is 0 Å². The molecule has 2 bridgehead atoms. The molecule has 5 nitrogen and oxygen atoms in total. The van der Waals surface area contributed by atoms with Crippen LogP contribution in [0, 0.1) is 11.8 Å². The summed E-state index contributed by atoms with van der Waals surface area (Å²) in [6.45, 7) is 0.357. The number of hydrogen-bond donors (Lipinski definition) is 2. The van der Waals surface area contributed by atoms with Gasteiger partial charge in [0.1, 0.15) is 0 Å². The average molecular weight is 310 g/mol. The first-order valence-corrected chi connectivity index (χ1v) is 7.34. The van der Waals surface area contributed by atoms with Crippen LogP contribution in [0.25, 0.3) is 0 Å². The normalized spacial score (nSPS) is 30.3. The number of nitrogens with one attached hydrogen (secondary N) is 1.